The Kier molecular flexibility index (Phi) is 20.0. The van der Waals surface area contributed by atoms with Crippen LogP contribution in [0.25, 0.3) is 0 Å². The van der Waals surface area contributed by atoms with Crippen LogP contribution in [-0.4, -0.2) is 123 Å². The molecule has 0 rings (SSSR count). The number of ether oxygens (including phenoxy) is 4. The highest BCUT2D eigenvalue weighted by atomic mass is 16.5. The quantitative estimate of drug-likeness (QED) is 0.105. The normalized spacial score (nSPS) is 12.7. The van der Waals surface area contributed by atoms with Crippen LogP contribution >= 0.6 is 0 Å². The van der Waals surface area contributed by atoms with Gasteiger partial charge in [-0.1, -0.05) is 19.9 Å². The average Bonchev–Trinajstić information content (AvgIpc) is 2.88. The molecule has 0 fully saturated rings. The molecule has 0 heterocycles. The minimum atomic E-state index is -1.05. The van der Waals surface area contributed by atoms with Gasteiger partial charge in [0.15, 0.2) is 0 Å². The van der Waals surface area contributed by atoms with Gasteiger partial charge in [-0.25, -0.2) is 0 Å². The number of esters is 4. The summed E-state index contributed by atoms with van der Waals surface area (Å²) in [6.45, 7) is 18.3. The molecule has 0 aliphatic carbocycles. The molecule has 0 aliphatic heterocycles. The summed E-state index contributed by atoms with van der Waals surface area (Å²) in [4.78, 5) is 55.7. The highest BCUT2D eigenvalue weighted by Crippen LogP contribution is 2.27. The molecule has 1 atom stereocenters. The molecule has 0 aliphatic rings. The Morgan fingerprint density at radius 1 is 0.641 bits per heavy atom. The number of hydrogen-bond acceptors (Lipinski definition) is 11. The van der Waals surface area contributed by atoms with Crippen LogP contribution in [0.1, 0.15) is 60.8 Å². The summed E-state index contributed by atoms with van der Waals surface area (Å²) in [5, 5.41) is 0. The maximum Gasteiger partial charge on any atom is 0.326 e. The highest BCUT2D eigenvalue weighted by Gasteiger charge is 2.43. The summed E-state index contributed by atoms with van der Waals surface area (Å²) in [5.41, 5.74) is -1.05. The van der Waals surface area contributed by atoms with E-state index in [-0.39, 0.29) is 46.1 Å². The zero-order chi connectivity index (χ0) is 29.7. The lowest BCUT2D eigenvalue weighted by molar-refractivity contribution is -0.162. The number of rotatable bonds is 23. The van der Waals surface area contributed by atoms with Gasteiger partial charge in [0.1, 0.15) is 5.54 Å². The van der Waals surface area contributed by atoms with Crippen molar-refractivity contribution in [3.63, 3.8) is 0 Å². The van der Waals surface area contributed by atoms with E-state index in [1.165, 1.54) is 0 Å². The topological polar surface area (TPSA) is 115 Å². The van der Waals surface area contributed by atoms with Crippen molar-refractivity contribution < 1.29 is 38.1 Å². The summed E-state index contributed by atoms with van der Waals surface area (Å²) in [7, 11) is 0. The molecule has 0 bridgehead atoms. The Bertz CT molecular complexity index is 728. The van der Waals surface area contributed by atoms with Gasteiger partial charge in [0.05, 0.1) is 46.1 Å². The summed E-state index contributed by atoms with van der Waals surface area (Å²) in [6.07, 6.45) is 3.29. The van der Waals surface area contributed by atoms with Crippen LogP contribution in [0.2, 0.25) is 0 Å². The Balaban J connectivity index is 5.79. The third-order valence-corrected chi connectivity index (χ3v) is 6.23. The molecule has 1 unspecified atom stereocenters. The van der Waals surface area contributed by atoms with Crippen molar-refractivity contribution in [2.24, 2.45) is 0 Å². The molecule has 0 amide bonds. The maximum absolute atomic E-state index is 13.2. The van der Waals surface area contributed by atoms with E-state index in [4.69, 9.17) is 18.9 Å². The predicted octanol–water partition coefficient (Wildman–Crippen LogP) is 2.28. The number of nitrogens with zero attached hydrogens (tertiary/aromatic N) is 3. The van der Waals surface area contributed by atoms with Crippen molar-refractivity contribution in [2.45, 2.75) is 66.3 Å². The zero-order valence-corrected chi connectivity index (χ0v) is 25.0. The molecule has 0 saturated heterocycles. The predicted molar refractivity (Wildman–Crippen MR) is 149 cm³/mol. The van der Waals surface area contributed by atoms with Gasteiger partial charge in [0.2, 0.25) is 0 Å². The average molecular weight is 558 g/mol. The minimum Gasteiger partial charge on any atom is -0.465 e. The third-order valence-electron chi connectivity index (χ3n) is 6.23. The monoisotopic (exact) mass is 557 g/mol. The van der Waals surface area contributed by atoms with E-state index in [2.05, 4.69) is 18.4 Å². The third kappa shape index (κ3) is 13.9. The lowest BCUT2D eigenvalue weighted by Gasteiger charge is -2.41. The maximum atomic E-state index is 13.2. The molecule has 0 N–H and O–H groups in total. The van der Waals surface area contributed by atoms with Gasteiger partial charge in [0.25, 0.3) is 0 Å². The number of carbonyl (C=O) groups is 4. The number of carbonyl (C=O) groups excluding carboxylic acids is 4. The van der Waals surface area contributed by atoms with Gasteiger partial charge < -0.3 is 23.8 Å². The van der Waals surface area contributed by atoms with E-state index >= 15 is 0 Å². The molecule has 0 saturated carbocycles. The van der Waals surface area contributed by atoms with E-state index in [0.717, 1.165) is 13.0 Å². The second-order valence-corrected chi connectivity index (χ2v) is 8.99. The second kappa shape index (κ2) is 21.3. The van der Waals surface area contributed by atoms with Crippen LogP contribution in [-0.2, 0) is 38.1 Å². The molecule has 11 heteroatoms. The lowest BCUT2D eigenvalue weighted by atomic mass is 9.89. The highest BCUT2D eigenvalue weighted by molar-refractivity contribution is 5.82. The van der Waals surface area contributed by atoms with Crippen LogP contribution in [0.3, 0.4) is 0 Å². The number of hydrogen-bond donors (Lipinski definition) is 0. The van der Waals surface area contributed by atoms with Crippen molar-refractivity contribution in [1.29, 1.82) is 0 Å². The standard InChI is InChI=1S/C28H51N3O8/c1-8-15-28(10-3,27(35)39-14-7)31(23-26(34)38-13-6)20-19-29(16-9-2)17-18-30(21-24(32)36-11-4)22-25(33)37-12-5/h8H,1,9-23H2,2-7H3. The van der Waals surface area contributed by atoms with Crippen molar-refractivity contribution in [3.8, 4) is 0 Å². The summed E-state index contributed by atoms with van der Waals surface area (Å²) >= 11 is 0. The zero-order valence-electron chi connectivity index (χ0n) is 25.0. The van der Waals surface area contributed by atoms with Crippen molar-refractivity contribution in [2.75, 3.05) is 78.8 Å². The molecular weight excluding hydrogens is 506 g/mol. The van der Waals surface area contributed by atoms with E-state index in [9.17, 15) is 19.2 Å². The SMILES string of the molecule is C=CCC(CC)(C(=O)OCC)N(CCN(CCC)CCN(CC(=O)OCC)CC(=O)OCC)CC(=O)OCC. The minimum absolute atomic E-state index is 0.0251. The Morgan fingerprint density at radius 2 is 1.10 bits per heavy atom. The molecule has 0 aromatic carbocycles. The first-order valence-electron chi connectivity index (χ1n) is 14.1. The first-order chi connectivity index (χ1) is 18.7. The first kappa shape index (κ1) is 36.5. The largest absolute Gasteiger partial charge is 0.465 e. The summed E-state index contributed by atoms with van der Waals surface area (Å²) < 4.78 is 20.8. The van der Waals surface area contributed by atoms with Gasteiger partial charge in [-0.05, 0) is 53.5 Å². The molecule has 0 aromatic rings. The lowest BCUT2D eigenvalue weighted by Crippen LogP contribution is -2.58. The van der Waals surface area contributed by atoms with Gasteiger partial charge in [0, 0.05) is 26.2 Å². The molecule has 11 nitrogen and oxygen atoms in total. The Labute approximate surface area is 234 Å². The summed E-state index contributed by atoms with van der Waals surface area (Å²) in [6, 6.07) is 0. The molecular formula is C28H51N3O8. The van der Waals surface area contributed by atoms with Gasteiger partial charge in [-0.15, -0.1) is 6.58 Å². The van der Waals surface area contributed by atoms with E-state index < -0.39 is 29.4 Å². The summed E-state index contributed by atoms with van der Waals surface area (Å²) in [5.74, 6) is -1.62. The molecule has 226 valence electrons. The van der Waals surface area contributed by atoms with Crippen molar-refractivity contribution in [3.05, 3.63) is 12.7 Å². The van der Waals surface area contributed by atoms with Crippen molar-refractivity contribution >= 4 is 23.9 Å². The molecule has 39 heavy (non-hydrogen) atoms. The van der Waals surface area contributed by atoms with Gasteiger partial charge in [-0.2, -0.15) is 0 Å². The molecule has 0 aromatic heterocycles. The second-order valence-electron chi connectivity index (χ2n) is 8.99. The first-order valence-corrected chi connectivity index (χ1v) is 14.1. The van der Waals surface area contributed by atoms with Gasteiger partial charge >= 0.3 is 23.9 Å². The molecule has 0 spiro atoms. The molecule has 0 radical (unpaired) electrons. The Morgan fingerprint density at radius 3 is 1.54 bits per heavy atom. The fraction of sp³-hybridized carbons (Fsp3) is 0.786. The van der Waals surface area contributed by atoms with Gasteiger partial charge in [-0.3, -0.25) is 29.0 Å². The fourth-order valence-corrected chi connectivity index (χ4v) is 4.35. The van der Waals surface area contributed by atoms with E-state index in [1.54, 1.807) is 38.7 Å². The van der Waals surface area contributed by atoms with Crippen LogP contribution in [0.15, 0.2) is 12.7 Å². The van der Waals surface area contributed by atoms with E-state index in [0.29, 0.717) is 39.0 Å². The Hall–Kier alpha value is -2.50. The van der Waals surface area contributed by atoms with E-state index in [1.807, 2.05) is 11.8 Å². The smallest absolute Gasteiger partial charge is 0.326 e. The van der Waals surface area contributed by atoms with Crippen LogP contribution in [0, 0.1) is 0 Å². The van der Waals surface area contributed by atoms with Crippen molar-refractivity contribution in [1.82, 2.24) is 14.7 Å². The fourth-order valence-electron chi connectivity index (χ4n) is 4.35. The van der Waals surface area contributed by atoms with Crippen LogP contribution in [0.4, 0.5) is 0 Å². The van der Waals surface area contributed by atoms with Crippen LogP contribution in [0.5, 0.6) is 0 Å². The van der Waals surface area contributed by atoms with Crippen LogP contribution < -0.4 is 0 Å².